The molecule has 0 saturated carbocycles. The van der Waals surface area contributed by atoms with Crippen molar-refractivity contribution in [2.24, 2.45) is 0 Å². The first-order chi connectivity index (χ1) is 9.75. The van der Waals surface area contributed by atoms with Gasteiger partial charge in [-0.1, -0.05) is 0 Å². The van der Waals surface area contributed by atoms with E-state index in [2.05, 4.69) is 72.8 Å². The van der Waals surface area contributed by atoms with Crippen molar-refractivity contribution in [3.8, 4) is 0 Å². The van der Waals surface area contributed by atoms with Gasteiger partial charge in [-0.3, -0.25) is 0 Å². The number of benzene rings is 2. The summed E-state index contributed by atoms with van der Waals surface area (Å²) in [5.41, 5.74) is 5.81. The average molecular weight is 449 g/mol. The summed E-state index contributed by atoms with van der Waals surface area (Å²) in [6.45, 7) is 0. The molecule has 0 amide bonds. The molecule has 0 fully saturated rings. The van der Waals surface area contributed by atoms with Crippen molar-refractivity contribution in [3.63, 3.8) is 0 Å². The molecule has 2 atom stereocenters. The molecule has 0 radical (unpaired) electrons. The molecular weight excluding hydrogens is 434 g/mol. The average Bonchev–Trinajstić information content (AvgIpc) is 3.05. The fourth-order valence-corrected chi connectivity index (χ4v) is 4.26. The SMILES string of the molecule is [Cl-].[H-].[Zr+][C@H]1C=Cc2ccccc21.[Zr+][CH]1C=Cc2ccccc21. The molecule has 2 aliphatic carbocycles. The Labute approximate surface area is 164 Å². The van der Waals surface area contributed by atoms with E-state index in [9.17, 15) is 0 Å². The Kier molecular flexibility index (Phi) is 6.61. The zero-order valence-corrected chi connectivity index (χ0v) is 17.1. The molecule has 0 aliphatic heterocycles. The van der Waals surface area contributed by atoms with Crippen LogP contribution in [-0.2, 0) is 49.4 Å². The molecule has 0 spiro atoms. The fraction of sp³-hybridized carbons (Fsp3) is 0.111. The van der Waals surface area contributed by atoms with E-state index in [4.69, 9.17) is 0 Å². The standard InChI is InChI=1S/2C9H7.ClH.2Zr.H/c2*1-2-5-9-7-3-6-8(9)4-1;;;;/h2*1-7H;1H;;;/q;;;2*+1;-1/p-1. The molecule has 2 aromatic rings. The van der Waals surface area contributed by atoms with Crippen molar-refractivity contribution >= 4 is 12.2 Å². The van der Waals surface area contributed by atoms with Gasteiger partial charge in [0.15, 0.2) is 0 Å². The Morgan fingerprint density at radius 1 is 0.667 bits per heavy atom. The second-order valence-electron chi connectivity index (χ2n) is 4.93. The summed E-state index contributed by atoms with van der Waals surface area (Å²) in [6, 6.07) is 17.2. The first-order valence-corrected chi connectivity index (χ1v) is 9.56. The molecule has 2 aromatic carbocycles. The van der Waals surface area contributed by atoms with E-state index in [1.54, 1.807) is 49.4 Å². The van der Waals surface area contributed by atoms with Gasteiger partial charge in [0.1, 0.15) is 0 Å². The van der Waals surface area contributed by atoms with Gasteiger partial charge < -0.3 is 13.8 Å². The first-order valence-electron chi connectivity index (χ1n) is 6.72. The molecule has 0 N–H and O–H groups in total. The molecule has 2 aliphatic rings. The van der Waals surface area contributed by atoms with Gasteiger partial charge in [0, 0.05) is 0 Å². The van der Waals surface area contributed by atoms with Crippen LogP contribution in [0.15, 0.2) is 60.7 Å². The molecular formula is C18H15ClZr2. The molecule has 1 unspecified atom stereocenters. The third-order valence-corrected chi connectivity index (χ3v) is 6.07. The van der Waals surface area contributed by atoms with Crippen LogP contribution in [0.25, 0.3) is 12.2 Å². The summed E-state index contributed by atoms with van der Waals surface area (Å²) < 4.78 is 1.42. The van der Waals surface area contributed by atoms with Crippen LogP contribution in [0, 0.1) is 0 Å². The number of fused-ring (bicyclic) bond motifs is 2. The zero-order chi connectivity index (χ0) is 13.9. The third kappa shape index (κ3) is 4.04. The van der Waals surface area contributed by atoms with Crippen molar-refractivity contribution < 1.29 is 63.3 Å². The molecule has 0 bridgehead atoms. The van der Waals surface area contributed by atoms with E-state index in [1.165, 1.54) is 22.3 Å². The van der Waals surface area contributed by atoms with Crippen LogP contribution in [0.5, 0.6) is 0 Å². The number of halogens is 1. The fourth-order valence-electron chi connectivity index (χ4n) is 2.50. The molecule has 0 saturated heterocycles. The van der Waals surface area contributed by atoms with Crippen molar-refractivity contribution in [3.05, 3.63) is 82.9 Å². The topological polar surface area (TPSA) is 0 Å². The van der Waals surface area contributed by atoms with Gasteiger partial charge in [0.2, 0.25) is 0 Å². The molecule has 0 heterocycles. The molecule has 21 heavy (non-hydrogen) atoms. The van der Waals surface area contributed by atoms with Crippen molar-refractivity contribution in [2.75, 3.05) is 0 Å². The summed E-state index contributed by atoms with van der Waals surface area (Å²) in [4.78, 5) is 0. The van der Waals surface area contributed by atoms with Gasteiger partial charge >= 0.3 is 152 Å². The van der Waals surface area contributed by atoms with Gasteiger partial charge in [-0.05, 0) is 0 Å². The summed E-state index contributed by atoms with van der Waals surface area (Å²) in [6.07, 6.45) is 9.00. The Hall–Kier alpha value is -0.0238. The zero-order valence-electron chi connectivity index (χ0n) is 12.5. The van der Waals surface area contributed by atoms with Crippen LogP contribution in [0.4, 0.5) is 0 Å². The van der Waals surface area contributed by atoms with Gasteiger partial charge in [0.05, 0.1) is 0 Å². The van der Waals surface area contributed by atoms with E-state index >= 15 is 0 Å². The Bertz CT molecular complexity index is 623. The summed E-state index contributed by atoms with van der Waals surface area (Å²) in [5.74, 6) is 0. The molecule has 4 rings (SSSR count). The van der Waals surface area contributed by atoms with E-state index in [0.717, 1.165) is 0 Å². The Morgan fingerprint density at radius 2 is 1.05 bits per heavy atom. The van der Waals surface area contributed by atoms with Crippen molar-refractivity contribution in [1.29, 1.82) is 0 Å². The van der Waals surface area contributed by atoms with Crippen LogP contribution in [-0.4, -0.2) is 0 Å². The van der Waals surface area contributed by atoms with E-state index < -0.39 is 0 Å². The second-order valence-corrected chi connectivity index (χ2v) is 7.99. The van der Waals surface area contributed by atoms with E-state index in [1.807, 2.05) is 0 Å². The summed E-state index contributed by atoms with van der Waals surface area (Å²) >= 11 is 3.18. The van der Waals surface area contributed by atoms with Gasteiger partial charge in [-0.2, -0.15) is 0 Å². The minimum atomic E-state index is 0. The first kappa shape index (κ1) is 17.3. The predicted molar refractivity (Wildman–Crippen MR) is 77.5 cm³/mol. The Morgan fingerprint density at radius 3 is 1.43 bits per heavy atom. The van der Waals surface area contributed by atoms with Crippen LogP contribution in [0.1, 0.15) is 30.9 Å². The van der Waals surface area contributed by atoms with Gasteiger partial charge in [0.25, 0.3) is 0 Å². The monoisotopic (exact) mass is 446 g/mol. The molecule has 0 aromatic heterocycles. The maximum atomic E-state index is 2.28. The van der Waals surface area contributed by atoms with E-state index in [0.29, 0.717) is 7.25 Å². The van der Waals surface area contributed by atoms with Gasteiger partial charge in [-0.25, -0.2) is 0 Å². The maximum absolute atomic E-state index is 2.28. The number of rotatable bonds is 0. The predicted octanol–water partition coefficient (Wildman–Crippen LogP) is 1.72. The molecule has 3 heteroatoms. The van der Waals surface area contributed by atoms with Crippen LogP contribution in [0.2, 0.25) is 0 Å². The number of hydrogen-bond donors (Lipinski definition) is 0. The number of allylic oxidation sites excluding steroid dienone is 2. The Balaban J connectivity index is 0.000000202. The number of hydrogen-bond acceptors (Lipinski definition) is 0. The summed E-state index contributed by atoms with van der Waals surface area (Å²) in [5, 5.41) is 0. The van der Waals surface area contributed by atoms with Crippen molar-refractivity contribution in [1.82, 2.24) is 0 Å². The second kappa shape index (κ2) is 8.01. The third-order valence-electron chi connectivity index (χ3n) is 3.60. The normalized spacial score (nSPS) is 19.9. The minimum absolute atomic E-state index is 0. The molecule has 102 valence electrons. The van der Waals surface area contributed by atoms with Crippen LogP contribution >= 0.6 is 0 Å². The van der Waals surface area contributed by atoms with Crippen molar-refractivity contribution in [2.45, 2.75) is 7.25 Å². The molecule has 0 nitrogen and oxygen atoms in total. The quantitative estimate of drug-likeness (QED) is 0.575. The van der Waals surface area contributed by atoms with Crippen LogP contribution in [0.3, 0.4) is 0 Å². The van der Waals surface area contributed by atoms with Crippen LogP contribution < -0.4 is 12.4 Å². The van der Waals surface area contributed by atoms with Gasteiger partial charge in [-0.15, -0.1) is 0 Å². The summed E-state index contributed by atoms with van der Waals surface area (Å²) in [7, 11) is 0. The van der Waals surface area contributed by atoms with E-state index in [-0.39, 0.29) is 13.8 Å².